The van der Waals surface area contributed by atoms with Crippen molar-refractivity contribution in [2.24, 2.45) is 5.73 Å². The van der Waals surface area contributed by atoms with Crippen molar-refractivity contribution >= 4 is 16.9 Å². The van der Waals surface area contributed by atoms with Gasteiger partial charge in [-0.2, -0.15) is 5.10 Å². The van der Waals surface area contributed by atoms with Crippen molar-refractivity contribution in [2.75, 3.05) is 19.6 Å². The van der Waals surface area contributed by atoms with E-state index in [1.807, 2.05) is 10.9 Å². The molecular formula is C17H21N6O. The van der Waals surface area contributed by atoms with Gasteiger partial charge < -0.3 is 15.6 Å². The maximum Gasteiger partial charge on any atom is 0.250 e. The molecule has 0 aliphatic carbocycles. The highest BCUT2D eigenvalue weighted by molar-refractivity contribution is 6.10. The molecule has 7 nitrogen and oxygen atoms in total. The van der Waals surface area contributed by atoms with Crippen molar-refractivity contribution in [1.82, 2.24) is 24.6 Å². The molecule has 0 atom stereocenters. The van der Waals surface area contributed by atoms with E-state index in [9.17, 15) is 4.79 Å². The summed E-state index contributed by atoms with van der Waals surface area (Å²) in [5.74, 6) is -0.496. The molecule has 0 unspecified atom stereocenters. The van der Waals surface area contributed by atoms with E-state index in [4.69, 9.17) is 5.73 Å². The monoisotopic (exact) mass is 325 g/mol. The number of nitrogens with zero attached hydrogens (tertiary/aromatic N) is 4. The number of amides is 1. The Labute approximate surface area is 140 Å². The zero-order chi connectivity index (χ0) is 17.1. The van der Waals surface area contributed by atoms with E-state index in [1.54, 1.807) is 18.6 Å². The van der Waals surface area contributed by atoms with Gasteiger partial charge in [-0.05, 0) is 13.1 Å². The van der Waals surface area contributed by atoms with Crippen LogP contribution in [0.3, 0.4) is 0 Å². The van der Waals surface area contributed by atoms with Crippen LogP contribution < -0.4 is 5.73 Å². The Morgan fingerprint density at radius 2 is 2.17 bits per heavy atom. The predicted octanol–water partition coefficient (Wildman–Crippen LogP) is 1.67. The Hall–Kier alpha value is -2.67. The number of pyridine rings is 1. The van der Waals surface area contributed by atoms with Gasteiger partial charge in [0.15, 0.2) is 0 Å². The number of carbonyl (C=O) groups is 1. The number of likely N-dealkylation sites (N-methyl/N-ethyl adjacent to an activating group) is 1. The number of nitrogens with one attached hydrogen (secondary N) is 1. The third-order valence-corrected chi connectivity index (χ3v) is 4.23. The van der Waals surface area contributed by atoms with Gasteiger partial charge in [-0.1, -0.05) is 13.8 Å². The van der Waals surface area contributed by atoms with Crippen LogP contribution in [0.4, 0.5) is 0 Å². The van der Waals surface area contributed by atoms with Gasteiger partial charge in [-0.25, -0.2) is 4.98 Å². The van der Waals surface area contributed by atoms with Gasteiger partial charge in [-0.15, -0.1) is 0 Å². The molecule has 3 aromatic rings. The van der Waals surface area contributed by atoms with Crippen LogP contribution in [-0.2, 0) is 6.54 Å². The summed E-state index contributed by atoms with van der Waals surface area (Å²) in [6.45, 7) is 8.04. The van der Waals surface area contributed by atoms with Crippen LogP contribution in [0.1, 0.15) is 24.2 Å². The number of hydrogen-bond acceptors (Lipinski definition) is 4. The molecular weight excluding hydrogens is 304 g/mol. The minimum absolute atomic E-state index is 0.421. The van der Waals surface area contributed by atoms with E-state index in [2.05, 4.69) is 39.9 Å². The van der Waals surface area contributed by atoms with Crippen LogP contribution in [-0.4, -0.2) is 50.2 Å². The van der Waals surface area contributed by atoms with Crippen LogP contribution >= 0.6 is 0 Å². The molecule has 0 aliphatic heterocycles. The van der Waals surface area contributed by atoms with E-state index in [0.29, 0.717) is 22.2 Å². The van der Waals surface area contributed by atoms with Crippen molar-refractivity contribution in [1.29, 1.82) is 0 Å². The van der Waals surface area contributed by atoms with Gasteiger partial charge in [0.1, 0.15) is 5.65 Å². The van der Waals surface area contributed by atoms with Gasteiger partial charge >= 0.3 is 0 Å². The van der Waals surface area contributed by atoms with Crippen molar-refractivity contribution in [2.45, 2.75) is 20.4 Å². The summed E-state index contributed by atoms with van der Waals surface area (Å²) < 4.78 is 1.88. The maximum atomic E-state index is 11.9. The minimum Gasteiger partial charge on any atom is -0.366 e. The molecule has 0 saturated carbocycles. The van der Waals surface area contributed by atoms with E-state index in [-0.39, 0.29) is 0 Å². The normalized spacial score (nSPS) is 11.5. The molecule has 3 aromatic heterocycles. The number of aromatic nitrogens is 4. The molecule has 0 aliphatic rings. The van der Waals surface area contributed by atoms with E-state index in [0.717, 1.165) is 31.7 Å². The summed E-state index contributed by atoms with van der Waals surface area (Å²) in [6, 6.07) is 2.99. The lowest BCUT2D eigenvalue weighted by Gasteiger charge is -2.17. The quantitative estimate of drug-likeness (QED) is 0.691. The first-order chi connectivity index (χ1) is 11.6. The number of hydrogen-bond donors (Lipinski definition) is 2. The molecule has 0 saturated heterocycles. The van der Waals surface area contributed by atoms with Crippen LogP contribution in [0.15, 0.2) is 24.8 Å². The first-order valence-corrected chi connectivity index (χ1v) is 8.06. The summed E-state index contributed by atoms with van der Waals surface area (Å²) in [6.07, 6.45) is 6.94. The van der Waals surface area contributed by atoms with Crippen LogP contribution in [0, 0.1) is 6.07 Å². The molecule has 3 heterocycles. The fraction of sp³-hybridized carbons (Fsp3) is 0.353. The van der Waals surface area contributed by atoms with E-state index >= 15 is 0 Å². The number of rotatable bonds is 7. The summed E-state index contributed by atoms with van der Waals surface area (Å²) in [7, 11) is 0. The molecule has 3 rings (SSSR count). The molecule has 0 spiro atoms. The average molecular weight is 325 g/mol. The molecule has 1 amide bonds. The van der Waals surface area contributed by atoms with E-state index in [1.165, 1.54) is 0 Å². The topological polar surface area (TPSA) is 92.8 Å². The first-order valence-electron chi connectivity index (χ1n) is 8.06. The fourth-order valence-corrected chi connectivity index (χ4v) is 2.82. The minimum atomic E-state index is -0.496. The lowest BCUT2D eigenvalue weighted by atomic mass is 10.0. The summed E-state index contributed by atoms with van der Waals surface area (Å²) in [5, 5.41) is 5.00. The van der Waals surface area contributed by atoms with Gasteiger partial charge in [0.2, 0.25) is 5.91 Å². The second-order valence-electron chi connectivity index (χ2n) is 5.59. The Balaban J connectivity index is 1.91. The summed E-state index contributed by atoms with van der Waals surface area (Å²) in [4.78, 5) is 21.5. The highest BCUT2D eigenvalue weighted by Gasteiger charge is 2.17. The van der Waals surface area contributed by atoms with Crippen molar-refractivity contribution in [3.63, 3.8) is 0 Å². The summed E-state index contributed by atoms with van der Waals surface area (Å²) in [5.41, 5.74) is 8.11. The highest BCUT2D eigenvalue weighted by Crippen LogP contribution is 2.27. The number of carbonyl (C=O) groups excluding carboxylic acids is 1. The Bertz CT molecular complexity index is 846. The predicted molar refractivity (Wildman–Crippen MR) is 92.5 cm³/mol. The number of aromatic amines is 1. The van der Waals surface area contributed by atoms with Crippen molar-refractivity contribution in [3.05, 3.63) is 36.4 Å². The van der Waals surface area contributed by atoms with Gasteiger partial charge in [0.25, 0.3) is 0 Å². The summed E-state index contributed by atoms with van der Waals surface area (Å²) >= 11 is 0. The molecule has 0 aromatic carbocycles. The zero-order valence-electron chi connectivity index (χ0n) is 13.9. The van der Waals surface area contributed by atoms with Gasteiger partial charge in [0, 0.05) is 47.7 Å². The lowest BCUT2D eigenvalue weighted by molar-refractivity contribution is 0.100. The smallest absolute Gasteiger partial charge is 0.250 e. The largest absolute Gasteiger partial charge is 0.366 e. The van der Waals surface area contributed by atoms with Crippen LogP contribution in [0.2, 0.25) is 0 Å². The average Bonchev–Trinajstić information content (AvgIpc) is 3.23. The van der Waals surface area contributed by atoms with Gasteiger partial charge in [0.05, 0.1) is 18.3 Å². The fourth-order valence-electron chi connectivity index (χ4n) is 2.82. The molecule has 7 heteroatoms. The third kappa shape index (κ3) is 3.03. The molecule has 24 heavy (non-hydrogen) atoms. The SMILES string of the molecule is CCN(CC)CCn1cc(-c2cnc3[nH]c[c]c3c2C(N)=O)cn1. The Morgan fingerprint density at radius 1 is 1.38 bits per heavy atom. The first kappa shape index (κ1) is 16.2. The number of nitrogens with two attached hydrogens (primary N) is 1. The number of primary amides is 1. The third-order valence-electron chi connectivity index (χ3n) is 4.23. The van der Waals surface area contributed by atoms with Gasteiger partial charge in [-0.3, -0.25) is 9.48 Å². The number of H-pyrrole nitrogens is 1. The van der Waals surface area contributed by atoms with E-state index < -0.39 is 5.91 Å². The van der Waals surface area contributed by atoms with Crippen LogP contribution in [0.5, 0.6) is 0 Å². The molecule has 3 N–H and O–H groups in total. The lowest BCUT2D eigenvalue weighted by Crippen LogP contribution is -2.27. The second-order valence-corrected chi connectivity index (χ2v) is 5.59. The Kier molecular flexibility index (Phi) is 4.61. The second kappa shape index (κ2) is 6.84. The standard InChI is InChI=1S/C17H21N6O/c1-3-22(4-2)7-8-23-11-12(9-21-23)14-10-20-17-13(5-6-19-17)15(14)16(18)24/h6,9-11H,3-4,7-8H2,1-2H3,(H2,18,24)(H,19,20). The van der Waals surface area contributed by atoms with Crippen molar-refractivity contribution in [3.8, 4) is 11.1 Å². The maximum absolute atomic E-state index is 11.9. The molecule has 0 bridgehead atoms. The molecule has 125 valence electrons. The highest BCUT2D eigenvalue weighted by atomic mass is 16.1. The Morgan fingerprint density at radius 3 is 2.88 bits per heavy atom. The zero-order valence-corrected chi connectivity index (χ0v) is 13.9. The number of fused-ring (bicyclic) bond motifs is 1. The molecule has 0 fully saturated rings. The molecule has 1 radical (unpaired) electrons. The van der Waals surface area contributed by atoms with Crippen molar-refractivity contribution < 1.29 is 4.79 Å². The van der Waals surface area contributed by atoms with Crippen LogP contribution in [0.25, 0.3) is 22.2 Å².